The normalized spacial score (nSPS) is 28.5. The van der Waals surface area contributed by atoms with Crippen molar-refractivity contribution in [2.24, 2.45) is 17.8 Å². The summed E-state index contributed by atoms with van der Waals surface area (Å²) in [5, 5.41) is 2.83. The van der Waals surface area contributed by atoms with Crippen LogP contribution in [0.3, 0.4) is 0 Å². The topological polar surface area (TPSA) is 123 Å². The molecule has 10 nitrogen and oxygen atoms in total. The van der Waals surface area contributed by atoms with Gasteiger partial charge in [0.05, 0.1) is 36.3 Å². The summed E-state index contributed by atoms with van der Waals surface area (Å²) < 4.78 is 47.0. The largest absolute Gasteiger partial charge is 0.487 e. The summed E-state index contributed by atoms with van der Waals surface area (Å²) >= 11 is 6.34. The third kappa shape index (κ3) is 8.18. The lowest BCUT2D eigenvalue weighted by Gasteiger charge is -2.44. The van der Waals surface area contributed by atoms with E-state index < -0.39 is 21.2 Å². The van der Waals surface area contributed by atoms with E-state index in [1.807, 2.05) is 37.3 Å². The number of carbonyl (C=O) groups is 2. The Bertz CT molecular complexity index is 1630. The van der Waals surface area contributed by atoms with Gasteiger partial charge in [-0.2, -0.15) is 0 Å². The number of rotatable bonds is 4. The maximum atomic E-state index is 13.4. The first kappa shape index (κ1) is 34.7. The second-order valence-electron chi connectivity index (χ2n) is 13.7. The first-order valence-electron chi connectivity index (χ1n) is 17.1. The summed E-state index contributed by atoms with van der Waals surface area (Å²) in [6.07, 6.45) is 8.81. The number of hydrogen-bond donors (Lipinski definition) is 2. The smallest absolute Gasteiger partial charge is 0.264 e. The molecule has 2 aromatic rings. The summed E-state index contributed by atoms with van der Waals surface area (Å²) in [5.74, 6) is -0.0226. The SMILES string of the molecule is C[C@@H]1[C@@H](C)C/C=C/[C@H](OCC(=O)NC2COC2)[C@@H]2CC[C@H]2CN2CCCCc3cc(Cl)ccc3COc3ccc(cc32)C(=O)NS1(=O)=O. The minimum absolute atomic E-state index is 0.0245. The molecule has 2 amide bonds. The van der Waals surface area contributed by atoms with E-state index in [1.54, 1.807) is 25.1 Å². The molecule has 2 fully saturated rings. The average molecular weight is 700 g/mol. The van der Waals surface area contributed by atoms with E-state index in [0.29, 0.717) is 43.6 Å². The van der Waals surface area contributed by atoms with Crippen LogP contribution in [-0.4, -0.2) is 70.5 Å². The van der Waals surface area contributed by atoms with Crippen molar-refractivity contribution in [3.8, 4) is 5.75 Å². The van der Waals surface area contributed by atoms with Gasteiger partial charge in [0, 0.05) is 23.7 Å². The highest BCUT2D eigenvalue weighted by Gasteiger charge is 2.39. The number of nitrogens with zero attached hydrogens (tertiary/aromatic N) is 1. The van der Waals surface area contributed by atoms with E-state index in [4.69, 9.17) is 25.8 Å². The van der Waals surface area contributed by atoms with Crippen LogP contribution in [0.25, 0.3) is 0 Å². The highest BCUT2D eigenvalue weighted by atomic mass is 35.5. The van der Waals surface area contributed by atoms with E-state index in [1.165, 1.54) is 0 Å². The first-order chi connectivity index (χ1) is 23.1. The molecule has 0 radical (unpaired) electrons. The van der Waals surface area contributed by atoms with Gasteiger partial charge in [0.15, 0.2) is 0 Å². The van der Waals surface area contributed by atoms with Crippen LogP contribution in [0.1, 0.15) is 67.4 Å². The molecule has 0 spiro atoms. The molecule has 3 aliphatic heterocycles. The number of fused-ring (bicyclic) bond motifs is 3. The van der Waals surface area contributed by atoms with Crippen molar-refractivity contribution in [3.63, 3.8) is 0 Å². The zero-order valence-corrected chi connectivity index (χ0v) is 29.2. The third-order valence-electron chi connectivity index (χ3n) is 10.4. The molecule has 48 heavy (non-hydrogen) atoms. The molecular formula is C36H46ClN3O7S. The van der Waals surface area contributed by atoms with Crippen molar-refractivity contribution >= 4 is 39.1 Å². The molecular weight excluding hydrogens is 654 g/mol. The van der Waals surface area contributed by atoms with Crippen LogP contribution in [0.4, 0.5) is 5.69 Å². The number of allylic oxidation sites excluding steroid dienone is 1. The maximum absolute atomic E-state index is 13.4. The van der Waals surface area contributed by atoms with E-state index >= 15 is 0 Å². The Morgan fingerprint density at radius 1 is 1.10 bits per heavy atom. The Balaban J connectivity index is 1.32. The van der Waals surface area contributed by atoms with E-state index in [0.717, 1.165) is 55.5 Å². The summed E-state index contributed by atoms with van der Waals surface area (Å²) in [7, 11) is -3.97. The minimum atomic E-state index is -3.97. The molecule has 1 saturated carbocycles. The maximum Gasteiger partial charge on any atom is 0.264 e. The molecule has 2 bridgehead atoms. The van der Waals surface area contributed by atoms with Gasteiger partial charge in [0.25, 0.3) is 5.91 Å². The first-order valence-corrected chi connectivity index (χ1v) is 19.0. The third-order valence-corrected chi connectivity index (χ3v) is 12.5. The van der Waals surface area contributed by atoms with E-state index in [-0.39, 0.29) is 48.0 Å². The van der Waals surface area contributed by atoms with Crippen LogP contribution < -0.4 is 19.7 Å². The molecule has 12 heteroatoms. The lowest BCUT2D eigenvalue weighted by molar-refractivity contribution is -0.133. The Morgan fingerprint density at radius 3 is 2.69 bits per heavy atom. The number of anilines is 1. The number of ether oxygens (including phenoxy) is 3. The van der Waals surface area contributed by atoms with Crippen LogP contribution >= 0.6 is 11.6 Å². The molecule has 2 N–H and O–H groups in total. The van der Waals surface area contributed by atoms with Gasteiger partial charge in [0.2, 0.25) is 15.9 Å². The fourth-order valence-electron chi connectivity index (χ4n) is 6.90. The number of carbonyl (C=O) groups excluding carboxylic acids is 2. The van der Waals surface area contributed by atoms with Crippen molar-refractivity contribution in [2.45, 2.75) is 76.4 Å². The van der Waals surface area contributed by atoms with Gasteiger partial charge in [0.1, 0.15) is 19.0 Å². The number of sulfonamides is 1. The molecule has 0 aromatic heterocycles. The average Bonchev–Trinajstić information content (AvgIpc) is 3.05. The second-order valence-corrected chi connectivity index (χ2v) is 16.2. The Morgan fingerprint density at radius 2 is 1.94 bits per heavy atom. The molecule has 3 heterocycles. The molecule has 1 saturated heterocycles. The van der Waals surface area contributed by atoms with E-state index in [9.17, 15) is 18.0 Å². The lowest BCUT2D eigenvalue weighted by Crippen LogP contribution is -2.50. The molecule has 5 atom stereocenters. The van der Waals surface area contributed by atoms with Gasteiger partial charge in [-0.25, -0.2) is 13.1 Å². The fraction of sp³-hybridized carbons (Fsp3) is 0.556. The van der Waals surface area contributed by atoms with Crippen LogP contribution in [-0.2, 0) is 37.3 Å². The number of nitrogens with one attached hydrogen (secondary N) is 2. The van der Waals surface area contributed by atoms with Gasteiger partial charge >= 0.3 is 0 Å². The van der Waals surface area contributed by atoms with Crippen LogP contribution in [0.2, 0.25) is 5.02 Å². The zero-order chi connectivity index (χ0) is 33.8. The van der Waals surface area contributed by atoms with Crippen molar-refractivity contribution in [3.05, 3.63) is 70.3 Å². The lowest BCUT2D eigenvalue weighted by atomic mass is 9.70. The Hall–Kier alpha value is -3.12. The van der Waals surface area contributed by atoms with Gasteiger partial charge in [-0.1, -0.05) is 36.7 Å². The number of aryl methyl sites for hydroxylation is 1. The Labute approximate surface area is 288 Å². The van der Waals surface area contributed by atoms with Crippen molar-refractivity contribution in [2.75, 3.05) is 37.8 Å². The summed E-state index contributed by atoms with van der Waals surface area (Å²) in [4.78, 5) is 28.4. The summed E-state index contributed by atoms with van der Waals surface area (Å²) in [6.45, 7) is 6.22. The van der Waals surface area contributed by atoms with Crippen molar-refractivity contribution in [1.82, 2.24) is 10.0 Å². The van der Waals surface area contributed by atoms with Crippen LogP contribution in [0.5, 0.6) is 5.75 Å². The molecule has 6 rings (SSSR count). The zero-order valence-electron chi connectivity index (χ0n) is 27.7. The quantitative estimate of drug-likeness (QED) is 0.426. The van der Waals surface area contributed by atoms with Gasteiger partial charge in [-0.3, -0.25) is 9.59 Å². The predicted molar refractivity (Wildman–Crippen MR) is 185 cm³/mol. The number of amides is 2. The molecule has 4 aliphatic rings. The molecule has 0 unspecified atom stereocenters. The fourth-order valence-corrected chi connectivity index (χ4v) is 8.38. The summed E-state index contributed by atoms with van der Waals surface area (Å²) in [6, 6.07) is 11.1. The van der Waals surface area contributed by atoms with Crippen LogP contribution in [0.15, 0.2) is 48.6 Å². The second kappa shape index (κ2) is 15.2. The number of hydrogen-bond acceptors (Lipinski definition) is 8. The summed E-state index contributed by atoms with van der Waals surface area (Å²) in [5.41, 5.74) is 3.23. The minimum Gasteiger partial charge on any atom is -0.487 e. The van der Waals surface area contributed by atoms with Gasteiger partial charge < -0.3 is 24.4 Å². The molecule has 260 valence electrons. The Kier molecular flexibility index (Phi) is 11.0. The highest BCUT2D eigenvalue weighted by molar-refractivity contribution is 7.90. The van der Waals surface area contributed by atoms with Crippen molar-refractivity contribution in [1.29, 1.82) is 0 Å². The standard InChI is InChI=1S/C36H46ClN3O7S/c1-23-6-5-8-33(47-22-35(41)38-30-20-45-21-30)31-13-10-27(31)18-40-15-4-3-7-25-16-29(37)12-9-28(25)19-46-34-14-11-26(17-32(34)40)36(42)39-48(43,44)24(23)2/h5,8-9,11-12,14,16-17,23-24,27,30-31,33H,3-4,6-7,10,13,15,18-22H2,1-2H3,(H,38,41)(H,39,42)/b8-5+/t23-,24+,27-,31+,33-/m0/s1. The van der Waals surface area contributed by atoms with Gasteiger partial charge in [-0.15, -0.1) is 0 Å². The van der Waals surface area contributed by atoms with Crippen molar-refractivity contribution < 1.29 is 32.2 Å². The number of halogens is 1. The molecule has 2 aromatic carbocycles. The van der Waals surface area contributed by atoms with Gasteiger partial charge in [-0.05, 0) is 105 Å². The number of benzene rings is 2. The highest BCUT2D eigenvalue weighted by Crippen LogP contribution is 2.42. The molecule has 1 aliphatic carbocycles. The predicted octanol–water partition coefficient (Wildman–Crippen LogP) is 5.03. The monoisotopic (exact) mass is 699 g/mol. The van der Waals surface area contributed by atoms with E-state index in [2.05, 4.69) is 14.9 Å². The van der Waals surface area contributed by atoms with Crippen LogP contribution in [0, 0.1) is 17.8 Å².